The first-order valence-corrected chi connectivity index (χ1v) is 19.7. The van der Waals surface area contributed by atoms with E-state index in [1.54, 1.807) is 0 Å². The number of Topliss-reactive ketones (excluding diaryl/α,β-unsaturated/α-hetero) is 1. The molecule has 5 rings (SSSR count). The van der Waals surface area contributed by atoms with Crippen molar-refractivity contribution >= 4 is 35.1 Å². The quantitative estimate of drug-likeness (QED) is 0.196. The predicted octanol–water partition coefficient (Wildman–Crippen LogP) is 4.94. The fourth-order valence-electron chi connectivity index (χ4n) is 7.85. The number of carbonyl (C=O) groups is 5. The van der Waals surface area contributed by atoms with Crippen LogP contribution < -0.4 is 26.2 Å². The van der Waals surface area contributed by atoms with Gasteiger partial charge in [0.15, 0.2) is 0 Å². The molecule has 0 bridgehead atoms. The average Bonchev–Trinajstić information content (AvgIpc) is 3.68. The summed E-state index contributed by atoms with van der Waals surface area (Å²) in [6.45, 7) is 15.6. The van der Waals surface area contributed by atoms with E-state index in [0.717, 1.165) is 61.0 Å². The molecule has 2 saturated carbocycles. The molecule has 292 valence electrons. The second-order valence-electron chi connectivity index (χ2n) is 17.2. The van der Waals surface area contributed by atoms with Crippen molar-refractivity contribution in [3.63, 3.8) is 0 Å². The molecule has 2 heterocycles. The number of ether oxygens (including phenoxy) is 1. The third-order valence-electron chi connectivity index (χ3n) is 10.8. The van der Waals surface area contributed by atoms with Gasteiger partial charge in [0.1, 0.15) is 23.4 Å². The monoisotopic (exact) mass is 735 g/mol. The minimum atomic E-state index is -1.08. The summed E-state index contributed by atoms with van der Waals surface area (Å²) in [4.78, 5) is 76.2. The molecule has 4 aliphatic rings. The molecule has 0 radical (unpaired) electrons. The number of benzene rings is 1. The zero-order valence-corrected chi connectivity index (χ0v) is 33.0. The molecule has 12 heteroatoms. The molecule has 4 atom stereocenters. The predicted molar refractivity (Wildman–Crippen MR) is 202 cm³/mol. The largest absolute Gasteiger partial charge is 0.490 e. The van der Waals surface area contributed by atoms with E-state index in [-0.39, 0.29) is 43.4 Å². The number of amides is 4. The van der Waals surface area contributed by atoms with Crippen molar-refractivity contribution in [1.82, 2.24) is 26.3 Å². The van der Waals surface area contributed by atoms with E-state index in [2.05, 4.69) is 21.4 Å². The number of ketones is 1. The Hall–Kier alpha value is -3.93. The van der Waals surface area contributed by atoms with Gasteiger partial charge in [0.25, 0.3) is 5.91 Å². The molecule has 1 spiro atoms. The lowest BCUT2D eigenvalue weighted by molar-refractivity contribution is -0.145. The Kier molecular flexibility index (Phi) is 12.6. The highest BCUT2D eigenvalue weighted by molar-refractivity contribution is 6.38. The summed E-state index contributed by atoms with van der Waals surface area (Å²) in [5, 5.41) is 8.62. The van der Waals surface area contributed by atoms with Crippen LogP contribution in [0.4, 0.5) is 0 Å². The van der Waals surface area contributed by atoms with Crippen LogP contribution in [0, 0.1) is 25.2 Å². The normalized spacial score (nSPS) is 22.9. The summed E-state index contributed by atoms with van der Waals surface area (Å²) in [6.07, 6.45) is 10.3. The second kappa shape index (κ2) is 16.6. The maximum Gasteiger partial charge on any atom is 0.289 e. The third kappa shape index (κ3) is 9.99. The second-order valence-corrected chi connectivity index (χ2v) is 17.2. The molecule has 12 nitrogen and oxygen atoms in total. The van der Waals surface area contributed by atoms with E-state index in [0.29, 0.717) is 18.5 Å². The van der Waals surface area contributed by atoms with Gasteiger partial charge in [-0.15, -0.1) is 0 Å². The topological polar surface area (TPSA) is 155 Å². The molecule has 1 aromatic rings. The Morgan fingerprint density at radius 3 is 2.25 bits per heavy atom. The standard InChI is InChI=1S/C41H61N5O7/c1-9-13-30(34(48)38(50)42-29-16-17-29)43-37(49)32-22-41(21-31(45-53-41)28-18-25(4)35(26(5)19-28)52-24(2)3)23-46(32)39(51)36(40(6,7)8)44-33(47)20-27-14-11-10-12-15-27/h18-19,21,24,27,29-30,32,36,45H,9-17,20,22-23H2,1-8H3,(H,42,50)(H,43,49)(H,44,47)/t30-,32-,36+,41+/m0/s1. The molecule has 0 aromatic heterocycles. The number of hydroxylamine groups is 1. The Morgan fingerprint density at radius 2 is 1.66 bits per heavy atom. The number of aryl methyl sites for hydroxylation is 2. The van der Waals surface area contributed by atoms with Gasteiger partial charge >= 0.3 is 0 Å². The molecule has 2 aliphatic carbocycles. The van der Waals surface area contributed by atoms with Gasteiger partial charge < -0.3 is 25.6 Å². The minimum Gasteiger partial charge on any atom is -0.490 e. The van der Waals surface area contributed by atoms with Gasteiger partial charge in [-0.05, 0) is 100 Å². The first kappa shape index (κ1) is 40.3. The lowest BCUT2D eigenvalue weighted by atomic mass is 9.84. The summed E-state index contributed by atoms with van der Waals surface area (Å²) in [5.41, 5.74) is 4.81. The Balaban J connectivity index is 1.43. The summed E-state index contributed by atoms with van der Waals surface area (Å²) >= 11 is 0. The van der Waals surface area contributed by atoms with Gasteiger partial charge in [0, 0.05) is 24.4 Å². The first-order chi connectivity index (χ1) is 25.0. The Labute approximate surface area is 314 Å². The Bertz CT molecular complexity index is 1570. The van der Waals surface area contributed by atoms with Gasteiger partial charge in [-0.1, -0.05) is 53.4 Å². The van der Waals surface area contributed by atoms with Crippen LogP contribution in [-0.4, -0.2) is 76.7 Å². The van der Waals surface area contributed by atoms with Crippen molar-refractivity contribution in [2.75, 3.05) is 6.54 Å². The van der Waals surface area contributed by atoms with Crippen molar-refractivity contribution in [2.45, 2.75) is 162 Å². The van der Waals surface area contributed by atoms with Crippen LogP contribution in [0.1, 0.15) is 129 Å². The van der Waals surface area contributed by atoms with Gasteiger partial charge in [-0.2, -0.15) is 0 Å². The zero-order chi connectivity index (χ0) is 38.7. The summed E-state index contributed by atoms with van der Waals surface area (Å²) in [6, 6.07) is 1.02. The van der Waals surface area contributed by atoms with E-state index >= 15 is 0 Å². The van der Waals surface area contributed by atoms with E-state index in [9.17, 15) is 24.0 Å². The summed E-state index contributed by atoms with van der Waals surface area (Å²) < 4.78 is 6.05. The molecular formula is C41H61N5O7. The number of hydrogen-bond acceptors (Lipinski definition) is 8. The summed E-state index contributed by atoms with van der Waals surface area (Å²) in [5.74, 6) is -1.41. The number of nitrogens with one attached hydrogen (secondary N) is 4. The van der Waals surface area contributed by atoms with Crippen LogP contribution >= 0.6 is 0 Å². The van der Waals surface area contributed by atoms with Gasteiger partial charge in [-0.3, -0.25) is 34.3 Å². The highest BCUT2D eigenvalue weighted by Crippen LogP contribution is 2.40. The molecule has 0 unspecified atom stereocenters. The van der Waals surface area contributed by atoms with Crippen LogP contribution in [-0.2, 0) is 28.8 Å². The van der Waals surface area contributed by atoms with Gasteiger partial charge in [0.05, 0.1) is 24.4 Å². The van der Waals surface area contributed by atoms with Crippen molar-refractivity contribution in [1.29, 1.82) is 0 Å². The van der Waals surface area contributed by atoms with Crippen molar-refractivity contribution in [3.05, 3.63) is 34.9 Å². The number of carbonyl (C=O) groups excluding carboxylic acids is 5. The number of rotatable bonds is 14. The molecule has 2 aliphatic heterocycles. The van der Waals surface area contributed by atoms with Crippen LogP contribution in [0.25, 0.3) is 5.70 Å². The van der Waals surface area contributed by atoms with Gasteiger partial charge in [0.2, 0.25) is 23.5 Å². The SMILES string of the molecule is CCC[C@H](NC(=O)[C@@H]1C[C@]2(C=C(c3cc(C)c(OC(C)C)c(C)c3)NO2)CN1C(=O)[C@@H](NC(=O)CC1CCCCC1)C(C)(C)C)C(=O)C(=O)NC1CC1. The van der Waals surface area contributed by atoms with Crippen molar-refractivity contribution < 1.29 is 33.5 Å². The van der Waals surface area contributed by atoms with E-state index in [1.165, 1.54) is 11.3 Å². The molecule has 53 heavy (non-hydrogen) atoms. The van der Waals surface area contributed by atoms with Crippen LogP contribution in [0.5, 0.6) is 5.75 Å². The average molecular weight is 736 g/mol. The smallest absolute Gasteiger partial charge is 0.289 e. The molecule has 4 amide bonds. The molecular weight excluding hydrogens is 674 g/mol. The Morgan fingerprint density at radius 1 is 1.00 bits per heavy atom. The lowest BCUT2D eigenvalue weighted by Crippen LogP contribution is -2.59. The van der Waals surface area contributed by atoms with Crippen LogP contribution in [0.3, 0.4) is 0 Å². The van der Waals surface area contributed by atoms with Crippen molar-refractivity contribution in [2.24, 2.45) is 11.3 Å². The first-order valence-electron chi connectivity index (χ1n) is 19.7. The van der Waals surface area contributed by atoms with Crippen molar-refractivity contribution in [3.8, 4) is 5.75 Å². The molecule has 4 N–H and O–H groups in total. The summed E-state index contributed by atoms with van der Waals surface area (Å²) in [7, 11) is 0. The zero-order valence-electron chi connectivity index (χ0n) is 33.0. The van der Waals surface area contributed by atoms with Crippen LogP contribution in [0.15, 0.2) is 18.2 Å². The molecule has 1 aromatic carbocycles. The number of likely N-dealkylation sites (tertiary alicyclic amines) is 1. The van der Waals surface area contributed by atoms with Crippen LogP contribution in [0.2, 0.25) is 0 Å². The van der Waals surface area contributed by atoms with Gasteiger partial charge in [-0.25, -0.2) is 0 Å². The van der Waals surface area contributed by atoms with E-state index < -0.39 is 52.6 Å². The number of nitrogens with zero attached hydrogens (tertiary/aromatic N) is 1. The fraction of sp³-hybridized carbons (Fsp3) is 0.683. The highest BCUT2D eigenvalue weighted by atomic mass is 16.7. The fourth-order valence-corrected chi connectivity index (χ4v) is 7.85. The maximum atomic E-state index is 14.7. The maximum absolute atomic E-state index is 14.7. The molecule has 1 saturated heterocycles. The minimum absolute atomic E-state index is 0.00519. The number of hydrogen-bond donors (Lipinski definition) is 4. The van der Waals surface area contributed by atoms with E-state index in [1.807, 2.05) is 73.6 Å². The highest BCUT2D eigenvalue weighted by Gasteiger charge is 2.54. The van der Waals surface area contributed by atoms with E-state index in [4.69, 9.17) is 9.57 Å². The third-order valence-corrected chi connectivity index (χ3v) is 10.8. The lowest BCUT2D eigenvalue weighted by Gasteiger charge is -2.36. The molecule has 3 fully saturated rings.